The number of hydrogen-bond donors (Lipinski definition) is 0. The van der Waals surface area contributed by atoms with Gasteiger partial charge in [-0.2, -0.15) is 0 Å². The van der Waals surface area contributed by atoms with E-state index in [1.54, 1.807) is 6.26 Å². The van der Waals surface area contributed by atoms with Crippen LogP contribution in [0, 0.1) is 0 Å². The molecule has 0 saturated heterocycles. The summed E-state index contributed by atoms with van der Waals surface area (Å²) in [7, 11) is 0. The lowest BCUT2D eigenvalue weighted by Gasteiger charge is -2.03. The minimum Gasteiger partial charge on any atom is -0.469 e. The third kappa shape index (κ3) is 1.58. The summed E-state index contributed by atoms with van der Waals surface area (Å²) in [5, 5.41) is 3.64. The Bertz CT molecular complexity index is 349. The second-order valence-electron chi connectivity index (χ2n) is 3.01. The van der Waals surface area contributed by atoms with E-state index >= 15 is 0 Å². The number of furan rings is 1. The summed E-state index contributed by atoms with van der Waals surface area (Å²) in [5.74, 6) is 1.21. The van der Waals surface area contributed by atoms with Crippen LogP contribution in [0.3, 0.4) is 0 Å². The van der Waals surface area contributed by atoms with E-state index in [0.717, 1.165) is 12.2 Å². The molecule has 0 bridgehead atoms. The zero-order valence-electron chi connectivity index (χ0n) is 7.00. The largest absolute Gasteiger partial charge is 0.469 e. The first-order valence-corrected chi connectivity index (χ1v) is 4.16. The van der Waals surface area contributed by atoms with Crippen LogP contribution in [0.2, 0.25) is 0 Å². The number of hydrogen-bond acceptors (Lipinski definition) is 2. The van der Waals surface area contributed by atoms with Gasteiger partial charge in [0.2, 0.25) is 0 Å². The Hall–Kier alpha value is -1.67. The van der Waals surface area contributed by atoms with E-state index in [1.807, 2.05) is 24.3 Å². The van der Waals surface area contributed by atoms with Gasteiger partial charge in [-0.15, -0.1) is 0 Å². The van der Waals surface area contributed by atoms with Crippen LogP contribution in [-0.4, -0.2) is 6.04 Å². The van der Waals surface area contributed by atoms with E-state index in [2.05, 4.69) is 10.0 Å². The van der Waals surface area contributed by atoms with Crippen molar-refractivity contribution in [1.82, 2.24) is 0 Å². The van der Waals surface area contributed by atoms with Gasteiger partial charge in [-0.25, -0.2) is 0 Å². The van der Waals surface area contributed by atoms with Crippen molar-refractivity contribution in [2.24, 2.45) is 5.11 Å². The van der Waals surface area contributed by atoms with Gasteiger partial charge in [0.1, 0.15) is 5.76 Å². The third-order valence-corrected chi connectivity index (χ3v) is 2.17. The number of rotatable bonds is 2. The molecule has 0 fully saturated rings. The minimum absolute atomic E-state index is 0.0138. The maximum Gasteiger partial charge on any atom is 0.110 e. The van der Waals surface area contributed by atoms with Crippen molar-refractivity contribution in [2.75, 3.05) is 0 Å². The molecule has 1 aromatic rings. The lowest BCUT2D eigenvalue weighted by atomic mass is 10.1. The molecular formula is C9H9N3O. The van der Waals surface area contributed by atoms with Gasteiger partial charge in [-0.3, -0.25) is 0 Å². The van der Waals surface area contributed by atoms with Gasteiger partial charge in [0, 0.05) is 10.8 Å². The van der Waals surface area contributed by atoms with E-state index in [9.17, 15) is 0 Å². The molecule has 0 radical (unpaired) electrons. The van der Waals surface area contributed by atoms with E-state index in [-0.39, 0.29) is 12.0 Å². The molecule has 1 heterocycles. The fourth-order valence-corrected chi connectivity index (χ4v) is 1.54. The molecular weight excluding hydrogens is 166 g/mol. The van der Waals surface area contributed by atoms with Gasteiger partial charge in [0.25, 0.3) is 0 Å². The highest BCUT2D eigenvalue weighted by Gasteiger charge is 2.20. The Morgan fingerprint density at radius 3 is 3.15 bits per heavy atom. The van der Waals surface area contributed by atoms with Crippen molar-refractivity contribution in [3.05, 3.63) is 46.8 Å². The average Bonchev–Trinajstić information content (AvgIpc) is 2.70. The predicted octanol–water partition coefficient (Wildman–Crippen LogP) is 3.00. The summed E-state index contributed by atoms with van der Waals surface area (Å²) >= 11 is 0. The number of allylic oxidation sites excluding steroid dienone is 1. The lowest BCUT2D eigenvalue weighted by Crippen LogP contribution is -1.97. The molecule has 0 amide bonds. The molecule has 4 nitrogen and oxygen atoms in total. The highest BCUT2D eigenvalue weighted by atomic mass is 16.3. The second-order valence-corrected chi connectivity index (χ2v) is 3.01. The highest BCUT2D eigenvalue weighted by molar-refractivity contribution is 5.20. The quantitative estimate of drug-likeness (QED) is 0.295. The zero-order valence-corrected chi connectivity index (χ0v) is 7.00. The molecule has 2 atom stereocenters. The monoisotopic (exact) mass is 175 g/mol. The Morgan fingerprint density at radius 1 is 1.54 bits per heavy atom. The normalized spacial score (nSPS) is 25.8. The van der Waals surface area contributed by atoms with E-state index < -0.39 is 0 Å². The molecule has 13 heavy (non-hydrogen) atoms. The van der Waals surface area contributed by atoms with Crippen molar-refractivity contribution in [3.8, 4) is 0 Å². The third-order valence-electron chi connectivity index (χ3n) is 2.17. The molecule has 0 aliphatic heterocycles. The number of nitrogens with zero attached hydrogens (tertiary/aromatic N) is 3. The SMILES string of the molecule is [N-]=[N+]=N[C@H]1C=C[C@@H](c2ccco2)C1. The van der Waals surface area contributed by atoms with Crippen LogP contribution in [0.1, 0.15) is 18.1 Å². The molecule has 1 aromatic heterocycles. The van der Waals surface area contributed by atoms with Gasteiger partial charge in [0.05, 0.1) is 12.3 Å². The van der Waals surface area contributed by atoms with Gasteiger partial charge < -0.3 is 4.42 Å². The fraction of sp³-hybridized carbons (Fsp3) is 0.333. The smallest absolute Gasteiger partial charge is 0.110 e. The van der Waals surface area contributed by atoms with Crippen LogP contribution in [-0.2, 0) is 0 Å². The van der Waals surface area contributed by atoms with Crippen LogP contribution < -0.4 is 0 Å². The second kappa shape index (κ2) is 3.37. The highest BCUT2D eigenvalue weighted by Crippen LogP contribution is 2.30. The van der Waals surface area contributed by atoms with Crippen LogP contribution in [0.5, 0.6) is 0 Å². The first kappa shape index (κ1) is 7.95. The van der Waals surface area contributed by atoms with E-state index in [4.69, 9.17) is 9.95 Å². The molecule has 4 heteroatoms. The summed E-state index contributed by atoms with van der Waals surface area (Å²) in [6, 6.07) is 3.79. The van der Waals surface area contributed by atoms with Gasteiger partial charge >= 0.3 is 0 Å². The molecule has 1 aliphatic carbocycles. The van der Waals surface area contributed by atoms with Crippen LogP contribution in [0.15, 0.2) is 40.1 Å². The van der Waals surface area contributed by atoms with Gasteiger partial charge in [-0.1, -0.05) is 17.3 Å². The Balaban J connectivity index is 2.08. The fourth-order valence-electron chi connectivity index (χ4n) is 1.54. The molecule has 0 N–H and O–H groups in total. The van der Waals surface area contributed by atoms with Crippen LogP contribution >= 0.6 is 0 Å². The zero-order chi connectivity index (χ0) is 9.10. The van der Waals surface area contributed by atoms with Crippen molar-refractivity contribution in [2.45, 2.75) is 18.4 Å². The maximum atomic E-state index is 8.24. The molecule has 0 aromatic carbocycles. The Morgan fingerprint density at radius 2 is 2.46 bits per heavy atom. The first-order valence-electron chi connectivity index (χ1n) is 4.16. The molecule has 66 valence electrons. The number of azide groups is 1. The maximum absolute atomic E-state index is 8.24. The van der Waals surface area contributed by atoms with Crippen LogP contribution in [0.25, 0.3) is 10.4 Å². The summed E-state index contributed by atoms with van der Waals surface area (Å²) in [6.07, 6.45) is 6.42. The van der Waals surface area contributed by atoms with Crippen LogP contribution in [0.4, 0.5) is 0 Å². The van der Waals surface area contributed by atoms with E-state index in [0.29, 0.717) is 0 Å². The Labute approximate surface area is 75.5 Å². The van der Waals surface area contributed by atoms with E-state index in [1.165, 1.54) is 0 Å². The topological polar surface area (TPSA) is 61.9 Å². The molecule has 0 spiro atoms. The molecule has 0 saturated carbocycles. The van der Waals surface area contributed by atoms with Crippen molar-refractivity contribution in [3.63, 3.8) is 0 Å². The summed E-state index contributed by atoms with van der Waals surface area (Å²) < 4.78 is 5.26. The predicted molar refractivity (Wildman–Crippen MR) is 48.1 cm³/mol. The molecule has 2 rings (SSSR count). The van der Waals surface area contributed by atoms with Gasteiger partial charge in [0.15, 0.2) is 0 Å². The summed E-state index contributed by atoms with van der Waals surface area (Å²) in [5.41, 5.74) is 8.24. The van der Waals surface area contributed by atoms with Crippen molar-refractivity contribution in [1.29, 1.82) is 0 Å². The average molecular weight is 175 g/mol. The van der Waals surface area contributed by atoms with Crippen molar-refractivity contribution < 1.29 is 4.42 Å². The van der Waals surface area contributed by atoms with Crippen molar-refractivity contribution >= 4 is 0 Å². The summed E-state index contributed by atoms with van der Waals surface area (Å²) in [6.45, 7) is 0. The first-order chi connectivity index (χ1) is 6.40. The standard InChI is InChI=1S/C9H9N3O/c10-12-11-8-4-3-7(6-8)9-2-1-5-13-9/h1-5,7-8H,6H2/t7-,8+/m1/s1. The molecule has 0 unspecified atom stereocenters. The molecule has 1 aliphatic rings. The lowest BCUT2D eigenvalue weighted by molar-refractivity contribution is 0.481. The van der Waals surface area contributed by atoms with Gasteiger partial charge in [-0.05, 0) is 24.1 Å². The Kier molecular flexibility index (Phi) is 2.06. The minimum atomic E-state index is -0.0138. The summed E-state index contributed by atoms with van der Waals surface area (Å²) in [4.78, 5) is 2.78.